The molecule has 0 aromatic heterocycles. The van der Waals surface area contributed by atoms with E-state index in [9.17, 15) is 14.4 Å². The van der Waals surface area contributed by atoms with E-state index in [4.69, 9.17) is 9.47 Å². The van der Waals surface area contributed by atoms with Crippen LogP contribution in [-0.4, -0.2) is 30.9 Å². The molecule has 0 spiro atoms. The van der Waals surface area contributed by atoms with Gasteiger partial charge < -0.3 is 14.8 Å². The van der Waals surface area contributed by atoms with Crippen molar-refractivity contribution in [3.05, 3.63) is 59.7 Å². The van der Waals surface area contributed by atoms with Crippen LogP contribution in [0.5, 0.6) is 5.75 Å². The zero-order valence-corrected chi connectivity index (χ0v) is 14.1. The Balaban J connectivity index is 1.78. The summed E-state index contributed by atoms with van der Waals surface area (Å²) in [5, 5.41) is 2.57. The molecule has 0 atom stereocenters. The van der Waals surface area contributed by atoms with Crippen LogP contribution >= 0.6 is 0 Å². The van der Waals surface area contributed by atoms with Gasteiger partial charge in [-0.1, -0.05) is 30.3 Å². The monoisotopic (exact) mass is 341 g/mol. The number of amides is 1. The van der Waals surface area contributed by atoms with Crippen LogP contribution < -0.4 is 10.1 Å². The van der Waals surface area contributed by atoms with Crippen LogP contribution in [0.15, 0.2) is 48.5 Å². The van der Waals surface area contributed by atoms with Crippen LogP contribution in [0, 0.1) is 6.92 Å². The lowest BCUT2D eigenvalue weighted by molar-refractivity contribution is -0.149. The number of esters is 1. The summed E-state index contributed by atoms with van der Waals surface area (Å²) in [4.78, 5) is 34.8. The van der Waals surface area contributed by atoms with E-state index in [0.29, 0.717) is 17.0 Å². The molecule has 0 unspecified atom stereocenters. The van der Waals surface area contributed by atoms with Crippen LogP contribution in [0.2, 0.25) is 0 Å². The van der Waals surface area contributed by atoms with E-state index in [2.05, 4.69) is 5.32 Å². The lowest BCUT2D eigenvalue weighted by Crippen LogP contribution is -2.23. The quantitative estimate of drug-likeness (QED) is 0.618. The van der Waals surface area contributed by atoms with Crippen LogP contribution in [-0.2, 0) is 14.3 Å². The van der Waals surface area contributed by atoms with E-state index < -0.39 is 18.5 Å². The van der Waals surface area contributed by atoms with Crippen LogP contribution in [0.3, 0.4) is 0 Å². The number of hydrogen-bond donors (Lipinski definition) is 1. The fourth-order valence-electron chi connectivity index (χ4n) is 2.06. The van der Waals surface area contributed by atoms with Gasteiger partial charge in [-0.15, -0.1) is 0 Å². The van der Waals surface area contributed by atoms with E-state index in [1.54, 1.807) is 36.4 Å². The first-order valence-electron chi connectivity index (χ1n) is 7.70. The predicted molar refractivity (Wildman–Crippen MR) is 92.7 cm³/mol. The maximum atomic E-state index is 11.8. The van der Waals surface area contributed by atoms with E-state index >= 15 is 0 Å². The number of Topliss-reactive ketones (excluding diaryl/α,β-unsaturated/α-hetero) is 1. The Morgan fingerprint density at radius 2 is 1.76 bits per heavy atom. The van der Waals surface area contributed by atoms with Gasteiger partial charge in [0.05, 0.1) is 0 Å². The molecule has 0 fully saturated rings. The van der Waals surface area contributed by atoms with Gasteiger partial charge in [-0.05, 0) is 37.6 Å². The van der Waals surface area contributed by atoms with E-state index in [1.807, 2.05) is 19.1 Å². The molecule has 2 rings (SSSR count). The van der Waals surface area contributed by atoms with Gasteiger partial charge >= 0.3 is 5.97 Å². The lowest BCUT2D eigenvalue weighted by atomic mass is 10.1. The second-order valence-electron chi connectivity index (χ2n) is 5.40. The first-order chi connectivity index (χ1) is 12.0. The standard InChI is InChI=1S/C19H19NO5/c1-13-6-3-4-9-17(13)24-12-19(23)25-11-18(22)20-16-8-5-7-15(10-16)14(2)21/h3-10H,11-12H2,1-2H3,(H,20,22). The number of ketones is 1. The maximum absolute atomic E-state index is 11.8. The second kappa shape index (κ2) is 8.63. The molecule has 2 aromatic rings. The van der Waals surface area contributed by atoms with Crippen molar-refractivity contribution in [1.29, 1.82) is 0 Å². The van der Waals surface area contributed by atoms with Gasteiger partial charge in [-0.3, -0.25) is 9.59 Å². The summed E-state index contributed by atoms with van der Waals surface area (Å²) in [6, 6.07) is 13.8. The molecule has 0 aliphatic rings. The van der Waals surface area contributed by atoms with E-state index in [1.165, 1.54) is 6.92 Å². The topological polar surface area (TPSA) is 81.7 Å². The smallest absolute Gasteiger partial charge is 0.344 e. The van der Waals surface area contributed by atoms with Crippen LogP contribution in [0.1, 0.15) is 22.8 Å². The fourth-order valence-corrected chi connectivity index (χ4v) is 2.06. The Bertz CT molecular complexity index is 785. The minimum Gasteiger partial charge on any atom is -0.482 e. The normalized spacial score (nSPS) is 10.0. The molecule has 1 amide bonds. The molecule has 25 heavy (non-hydrogen) atoms. The van der Waals surface area contributed by atoms with Gasteiger partial charge in [-0.25, -0.2) is 4.79 Å². The third kappa shape index (κ3) is 5.76. The summed E-state index contributed by atoms with van der Waals surface area (Å²) < 4.78 is 10.2. The highest BCUT2D eigenvalue weighted by Gasteiger charge is 2.10. The SMILES string of the molecule is CC(=O)c1cccc(NC(=O)COC(=O)COc2ccccc2C)c1. The summed E-state index contributed by atoms with van der Waals surface area (Å²) >= 11 is 0. The van der Waals surface area contributed by atoms with E-state index in [0.717, 1.165) is 5.56 Å². The zero-order valence-electron chi connectivity index (χ0n) is 14.1. The molecular weight excluding hydrogens is 322 g/mol. The molecule has 6 heteroatoms. The molecule has 0 aliphatic carbocycles. The molecule has 0 heterocycles. The van der Waals surface area contributed by atoms with Crippen molar-refractivity contribution >= 4 is 23.3 Å². The predicted octanol–water partition coefficient (Wildman–Crippen LogP) is 2.76. The Labute approximate surface area is 145 Å². The molecule has 6 nitrogen and oxygen atoms in total. The molecule has 0 radical (unpaired) electrons. The molecule has 2 aromatic carbocycles. The van der Waals surface area contributed by atoms with Crippen molar-refractivity contribution in [2.75, 3.05) is 18.5 Å². The highest BCUT2D eigenvalue weighted by molar-refractivity contribution is 5.97. The Hall–Kier alpha value is -3.15. The average molecular weight is 341 g/mol. The number of para-hydroxylation sites is 1. The van der Waals surface area contributed by atoms with Crippen molar-refractivity contribution in [2.45, 2.75) is 13.8 Å². The average Bonchev–Trinajstić information content (AvgIpc) is 2.59. The third-order valence-electron chi connectivity index (χ3n) is 3.36. The van der Waals surface area contributed by atoms with Crippen molar-refractivity contribution < 1.29 is 23.9 Å². The molecule has 0 saturated heterocycles. The number of ether oxygens (including phenoxy) is 2. The molecule has 0 bridgehead atoms. The molecule has 0 aliphatic heterocycles. The Morgan fingerprint density at radius 3 is 2.48 bits per heavy atom. The van der Waals surface area contributed by atoms with Gasteiger partial charge in [0.2, 0.25) is 0 Å². The number of carbonyl (C=O) groups excluding carboxylic acids is 3. The van der Waals surface area contributed by atoms with Crippen molar-refractivity contribution in [3.63, 3.8) is 0 Å². The van der Waals surface area contributed by atoms with Gasteiger partial charge in [0.15, 0.2) is 19.0 Å². The minimum absolute atomic E-state index is 0.101. The number of anilines is 1. The largest absolute Gasteiger partial charge is 0.482 e. The number of rotatable bonds is 7. The van der Waals surface area contributed by atoms with Crippen LogP contribution in [0.4, 0.5) is 5.69 Å². The van der Waals surface area contributed by atoms with Gasteiger partial charge in [0, 0.05) is 11.3 Å². The summed E-state index contributed by atoms with van der Waals surface area (Å²) in [6.07, 6.45) is 0. The van der Waals surface area contributed by atoms with Gasteiger partial charge in [-0.2, -0.15) is 0 Å². The zero-order chi connectivity index (χ0) is 18.2. The summed E-state index contributed by atoms with van der Waals surface area (Å²) in [6.45, 7) is 2.60. The summed E-state index contributed by atoms with van der Waals surface area (Å²) in [7, 11) is 0. The van der Waals surface area contributed by atoms with Crippen molar-refractivity contribution in [1.82, 2.24) is 0 Å². The highest BCUT2D eigenvalue weighted by atomic mass is 16.6. The Morgan fingerprint density at radius 1 is 1.00 bits per heavy atom. The third-order valence-corrected chi connectivity index (χ3v) is 3.36. The number of nitrogens with one attached hydrogen (secondary N) is 1. The summed E-state index contributed by atoms with van der Waals surface area (Å²) in [5.41, 5.74) is 1.85. The Kier molecular flexibility index (Phi) is 6.28. The molecule has 130 valence electrons. The highest BCUT2D eigenvalue weighted by Crippen LogP contribution is 2.16. The lowest BCUT2D eigenvalue weighted by Gasteiger charge is -2.09. The first kappa shape index (κ1) is 18.2. The number of hydrogen-bond acceptors (Lipinski definition) is 5. The van der Waals surface area contributed by atoms with E-state index in [-0.39, 0.29) is 12.4 Å². The summed E-state index contributed by atoms with van der Waals surface area (Å²) in [5.74, 6) is -0.651. The van der Waals surface area contributed by atoms with Crippen LogP contribution in [0.25, 0.3) is 0 Å². The molecule has 0 saturated carbocycles. The van der Waals surface area contributed by atoms with Crippen molar-refractivity contribution in [3.8, 4) is 5.75 Å². The number of carbonyl (C=O) groups is 3. The number of aryl methyl sites for hydroxylation is 1. The van der Waals surface area contributed by atoms with Gasteiger partial charge in [0.1, 0.15) is 5.75 Å². The van der Waals surface area contributed by atoms with Crippen molar-refractivity contribution in [2.24, 2.45) is 0 Å². The maximum Gasteiger partial charge on any atom is 0.344 e. The van der Waals surface area contributed by atoms with Gasteiger partial charge in [0.25, 0.3) is 5.91 Å². The first-order valence-corrected chi connectivity index (χ1v) is 7.70. The minimum atomic E-state index is -0.643. The molecular formula is C19H19NO5. The second-order valence-corrected chi connectivity index (χ2v) is 5.40. The molecule has 1 N–H and O–H groups in total. The fraction of sp³-hybridized carbons (Fsp3) is 0.211. The number of benzene rings is 2.